The number of rotatable bonds is 5. The number of oxazole rings is 1. The summed E-state index contributed by atoms with van der Waals surface area (Å²) in [5.41, 5.74) is 12.2. The van der Waals surface area contributed by atoms with Gasteiger partial charge >= 0.3 is 0 Å². The quantitative estimate of drug-likeness (QED) is 0.186. The molecule has 0 radical (unpaired) electrons. The van der Waals surface area contributed by atoms with Crippen molar-refractivity contribution in [1.82, 2.24) is 15.0 Å². The van der Waals surface area contributed by atoms with Gasteiger partial charge in [-0.25, -0.2) is 15.0 Å². The van der Waals surface area contributed by atoms with E-state index in [0.29, 0.717) is 5.82 Å². The summed E-state index contributed by atoms with van der Waals surface area (Å²) in [5.74, 6) is 3.33. The Balaban J connectivity index is 0.988. The third-order valence-corrected chi connectivity index (χ3v) is 12.0. The monoisotopic (exact) mass is 649 g/mol. The van der Waals surface area contributed by atoms with E-state index in [1.807, 2.05) is 36.4 Å². The van der Waals surface area contributed by atoms with Crippen molar-refractivity contribution in [3.8, 4) is 45.0 Å². The molecular formula is C45H35N3O2. The second-order valence-electron chi connectivity index (χ2n) is 15.1. The van der Waals surface area contributed by atoms with Gasteiger partial charge in [0, 0.05) is 38.6 Å². The first-order valence-corrected chi connectivity index (χ1v) is 18.0. The minimum absolute atomic E-state index is 0.249. The van der Waals surface area contributed by atoms with Gasteiger partial charge in [0.1, 0.15) is 16.7 Å². The molecule has 5 aromatic carbocycles. The lowest BCUT2D eigenvalue weighted by molar-refractivity contribution is -0.00487. The zero-order valence-electron chi connectivity index (χ0n) is 27.7. The van der Waals surface area contributed by atoms with Crippen LogP contribution in [0.3, 0.4) is 0 Å². The molecule has 0 atom stereocenters. The Morgan fingerprint density at radius 3 is 1.84 bits per heavy atom. The molecule has 4 aliphatic rings. The lowest BCUT2D eigenvalue weighted by atomic mass is 9.48. The first-order valence-electron chi connectivity index (χ1n) is 18.0. The zero-order valence-corrected chi connectivity index (χ0v) is 27.7. The highest BCUT2D eigenvalue weighted by Gasteiger charge is 2.52. The van der Waals surface area contributed by atoms with Crippen LogP contribution in [0.25, 0.3) is 78.1 Å². The highest BCUT2D eigenvalue weighted by Crippen LogP contribution is 2.61. The molecule has 50 heavy (non-hydrogen) atoms. The van der Waals surface area contributed by atoms with Crippen LogP contribution in [0.5, 0.6) is 0 Å². The predicted octanol–water partition coefficient (Wildman–Crippen LogP) is 11.7. The molecule has 3 heterocycles. The van der Waals surface area contributed by atoms with Crippen LogP contribution in [0.1, 0.15) is 44.1 Å². The Kier molecular flexibility index (Phi) is 6.07. The van der Waals surface area contributed by atoms with E-state index in [0.717, 1.165) is 90.0 Å². The van der Waals surface area contributed by atoms with E-state index in [4.69, 9.17) is 23.8 Å². The van der Waals surface area contributed by atoms with E-state index in [9.17, 15) is 0 Å². The molecule has 4 fully saturated rings. The molecule has 0 unspecified atom stereocenters. The van der Waals surface area contributed by atoms with E-state index >= 15 is 0 Å². The second-order valence-corrected chi connectivity index (χ2v) is 15.1. The molecule has 3 aromatic heterocycles. The average molecular weight is 650 g/mol. The molecule has 0 spiro atoms. The van der Waals surface area contributed by atoms with Crippen LogP contribution in [0.15, 0.2) is 130 Å². The summed E-state index contributed by atoms with van der Waals surface area (Å²) in [6.07, 6.45) is 9.83. The lowest BCUT2D eigenvalue weighted by Crippen LogP contribution is -2.48. The summed E-state index contributed by atoms with van der Waals surface area (Å²) in [6.45, 7) is 0. The van der Waals surface area contributed by atoms with Crippen molar-refractivity contribution in [2.24, 2.45) is 17.8 Å². The fourth-order valence-electron chi connectivity index (χ4n) is 10.2. The van der Waals surface area contributed by atoms with E-state index in [1.54, 1.807) is 6.39 Å². The number of aromatic nitrogens is 3. The van der Waals surface area contributed by atoms with Gasteiger partial charge in [0.2, 0.25) is 0 Å². The minimum Gasteiger partial charge on any atom is -0.456 e. The third kappa shape index (κ3) is 4.42. The van der Waals surface area contributed by atoms with Gasteiger partial charge in [0.15, 0.2) is 17.8 Å². The first-order chi connectivity index (χ1) is 24.7. The Labute approximate surface area is 290 Å². The van der Waals surface area contributed by atoms with Crippen LogP contribution < -0.4 is 0 Å². The van der Waals surface area contributed by atoms with Gasteiger partial charge in [0.05, 0.1) is 11.4 Å². The normalized spacial score (nSPS) is 22.6. The van der Waals surface area contributed by atoms with Crippen molar-refractivity contribution in [2.45, 2.75) is 43.9 Å². The highest BCUT2D eigenvalue weighted by molar-refractivity contribution is 6.07. The van der Waals surface area contributed by atoms with E-state index in [1.165, 1.54) is 44.1 Å². The van der Waals surface area contributed by atoms with Crippen LogP contribution in [0.4, 0.5) is 0 Å². The zero-order chi connectivity index (χ0) is 32.8. The van der Waals surface area contributed by atoms with Crippen LogP contribution in [0.2, 0.25) is 0 Å². The maximum Gasteiger partial charge on any atom is 0.182 e. The smallest absolute Gasteiger partial charge is 0.182 e. The summed E-state index contributed by atoms with van der Waals surface area (Å²) < 4.78 is 12.8. The third-order valence-electron chi connectivity index (χ3n) is 12.0. The molecule has 5 nitrogen and oxygen atoms in total. The number of nitrogens with zero attached hydrogens (tertiary/aromatic N) is 3. The van der Waals surface area contributed by atoms with Crippen molar-refractivity contribution in [1.29, 1.82) is 0 Å². The Hall–Kier alpha value is -5.55. The van der Waals surface area contributed by atoms with Gasteiger partial charge in [-0.05, 0) is 97.6 Å². The summed E-state index contributed by atoms with van der Waals surface area (Å²) in [4.78, 5) is 14.8. The molecule has 12 rings (SSSR count). The SMILES string of the molecule is c1ccc(-c2cc(-c3ccc4c(c3)oc3cc(-c5ccc(C67CC8CC(CC(C8)C6)C7)c6ocnc56)ccc34)nc(-c3ccccc3)n2)cc1. The lowest BCUT2D eigenvalue weighted by Gasteiger charge is -2.57. The first kappa shape index (κ1) is 28.3. The van der Waals surface area contributed by atoms with E-state index in [2.05, 4.69) is 78.9 Å². The maximum atomic E-state index is 6.60. The van der Waals surface area contributed by atoms with Gasteiger partial charge in [-0.2, -0.15) is 0 Å². The Morgan fingerprint density at radius 2 is 1.16 bits per heavy atom. The number of hydrogen-bond donors (Lipinski definition) is 0. The highest BCUT2D eigenvalue weighted by atomic mass is 16.3. The number of benzene rings is 5. The fourth-order valence-corrected chi connectivity index (χ4v) is 10.2. The van der Waals surface area contributed by atoms with Crippen molar-refractivity contribution in [3.05, 3.63) is 127 Å². The molecule has 8 aromatic rings. The number of hydrogen-bond acceptors (Lipinski definition) is 5. The van der Waals surface area contributed by atoms with Crippen LogP contribution in [0, 0.1) is 17.8 Å². The number of fused-ring (bicyclic) bond motifs is 4. The van der Waals surface area contributed by atoms with E-state index in [-0.39, 0.29) is 5.41 Å². The van der Waals surface area contributed by atoms with Gasteiger partial charge < -0.3 is 8.83 Å². The molecule has 0 aliphatic heterocycles. The summed E-state index contributed by atoms with van der Waals surface area (Å²) in [6, 6.07) is 40.1. The van der Waals surface area contributed by atoms with Crippen LogP contribution in [-0.2, 0) is 5.41 Å². The molecular weight excluding hydrogens is 615 g/mol. The van der Waals surface area contributed by atoms with Crippen molar-refractivity contribution in [2.75, 3.05) is 0 Å². The average Bonchev–Trinajstić information content (AvgIpc) is 3.79. The maximum absolute atomic E-state index is 6.60. The van der Waals surface area contributed by atoms with Crippen LogP contribution >= 0.6 is 0 Å². The minimum atomic E-state index is 0.249. The molecule has 4 bridgehead atoms. The molecule has 4 saturated carbocycles. The van der Waals surface area contributed by atoms with Gasteiger partial charge in [-0.3, -0.25) is 0 Å². The van der Waals surface area contributed by atoms with Gasteiger partial charge in [0.25, 0.3) is 0 Å². The molecule has 0 saturated heterocycles. The second kappa shape index (κ2) is 10.7. The van der Waals surface area contributed by atoms with E-state index < -0.39 is 0 Å². The predicted molar refractivity (Wildman–Crippen MR) is 198 cm³/mol. The van der Waals surface area contributed by atoms with Gasteiger partial charge in [-0.1, -0.05) is 84.9 Å². The van der Waals surface area contributed by atoms with Crippen LogP contribution in [-0.4, -0.2) is 15.0 Å². The summed E-state index contributed by atoms with van der Waals surface area (Å²) in [5, 5.41) is 2.18. The van der Waals surface area contributed by atoms with Crippen molar-refractivity contribution >= 4 is 33.0 Å². The summed E-state index contributed by atoms with van der Waals surface area (Å²) in [7, 11) is 0. The molecule has 242 valence electrons. The van der Waals surface area contributed by atoms with Crippen molar-refractivity contribution in [3.63, 3.8) is 0 Å². The fraction of sp³-hybridized carbons (Fsp3) is 0.222. The Morgan fingerprint density at radius 1 is 0.560 bits per heavy atom. The molecule has 0 N–H and O–H groups in total. The standard InChI is InChI=1S/C45H35N3O2/c1-3-7-30(8-4-1)38-22-39(48-44(47-38)31-9-5-2-6-10-31)33-12-14-36-35-13-11-32(20-40(35)50-41(36)21-33)34-15-16-37(43-42(34)46-26-49-43)45-23-27-17-28(24-45)19-29(18-27)25-45/h1-16,20-22,26-29H,17-19,23-25H2. The summed E-state index contributed by atoms with van der Waals surface area (Å²) >= 11 is 0. The van der Waals surface area contributed by atoms with Gasteiger partial charge in [-0.15, -0.1) is 0 Å². The number of furan rings is 1. The largest absolute Gasteiger partial charge is 0.456 e. The molecule has 0 amide bonds. The molecule has 4 aliphatic carbocycles. The topological polar surface area (TPSA) is 65.0 Å². The Bertz CT molecular complexity index is 2490. The van der Waals surface area contributed by atoms with Crippen molar-refractivity contribution < 1.29 is 8.83 Å². The molecule has 5 heteroatoms.